The Labute approximate surface area is 223 Å². The summed E-state index contributed by atoms with van der Waals surface area (Å²) in [5, 5.41) is 6.82. The molecule has 1 aliphatic carbocycles. The van der Waals surface area contributed by atoms with Crippen LogP contribution >= 0.6 is 0 Å². The normalized spacial score (nSPS) is 26.4. The minimum atomic E-state index is -3.52. The highest BCUT2D eigenvalue weighted by Gasteiger charge is 2.54. The first-order valence-corrected chi connectivity index (χ1v) is 15.5. The molecule has 2 aromatic rings. The first-order valence-electron chi connectivity index (χ1n) is 13.6. The molecule has 0 unspecified atom stereocenters. The van der Waals surface area contributed by atoms with Crippen LogP contribution in [-0.4, -0.2) is 85.0 Å². The van der Waals surface area contributed by atoms with Gasteiger partial charge in [-0.05, 0) is 62.9 Å². The Hall–Kier alpha value is -2.50. The third-order valence-corrected chi connectivity index (χ3v) is 10.1. The second kappa shape index (κ2) is 10.6. The number of likely N-dealkylation sites (tertiary alicyclic amines) is 1. The van der Waals surface area contributed by atoms with Crippen LogP contribution in [0.15, 0.2) is 24.4 Å². The van der Waals surface area contributed by atoms with Crippen molar-refractivity contribution in [3.8, 4) is 0 Å². The molecule has 11 heteroatoms. The molecule has 38 heavy (non-hydrogen) atoms. The van der Waals surface area contributed by atoms with Gasteiger partial charge in [0.15, 0.2) is 0 Å². The average Bonchev–Trinajstić information content (AvgIpc) is 3.60. The van der Waals surface area contributed by atoms with Crippen molar-refractivity contribution in [1.29, 1.82) is 0 Å². The van der Waals surface area contributed by atoms with Crippen LogP contribution in [-0.2, 0) is 19.6 Å². The quantitative estimate of drug-likeness (QED) is 0.492. The van der Waals surface area contributed by atoms with E-state index in [1.165, 1.54) is 22.7 Å². The van der Waals surface area contributed by atoms with Gasteiger partial charge in [-0.15, -0.1) is 0 Å². The van der Waals surface area contributed by atoms with Gasteiger partial charge in [0.1, 0.15) is 11.9 Å². The number of hydrogen-bond acceptors (Lipinski definition) is 5. The maximum absolute atomic E-state index is 14.3. The van der Waals surface area contributed by atoms with E-state index in [4.69, 9.17) is 0 Å². The van der Waals surface area contributed by atoms with E-state index in [1.54, 1.807) is 20.0 Å². The van der Waals surface area contributed by atoms with Crippen molar-refractivity contribution in [2.75, 3.05) is 26.4 Å². The summed E-state index contributed by atoms with van der Waals surface area (Å²) in [6.07, 6.45) is 8.48. The van der Waals surface area contributed by atoms with Gasteiger partial charge < -0.3 is 20.5 Å². The highest BCUT2D eigenvalue weighted by Crippen LogP contribution is 2.44. The molecule has 5 rings (SSSR count). The third kappa shape index (κ3) is 4.96. The zero-order chi connectivity index (χ0) is 27.2. The molecule has 3 N–H and O–H groups in total. The van der Waals surface area contributed by atoms with Crippen LogP contribution in [0.5, 0.6) is 0 Å². The maximum Gasteiger partial charge on any atom is 0.245 e. The molecule has 0 radical (unpaired) electrons. The predicted octanol–water partition coefficient (Wildman–Crippen LogP) is 2.31. The minimum Gasteiger partial charge on any atom is -0.361 e. The number of carbonyl (C=O) groups is 2. The number of H-pyrrole nitrogens is 1. The summed E-state index contributed by atoms with van der Waals surface area (Å²) in [7, 11) is -1.81. The molecular formula is C27H38FN5O4S. The van der Waals surface area contributed by atoms with Crippen molar-refractivity contribution in [3.63, 3.8) is 0 Å². The van der Waals surface area contributed by atoms with Crippen molar-refractivity contribution in [2.45, 2.75) is 75.5 Å². The largest absolute Gasteiger partial charge is 0.361 e. The number of aromatic amines is 1. The van der Waals surface area contributed by atoms with Gasteiger partial charge in [-0.3, -0.25) is 9.59 Å². The van der Waals surface area contributed by atoms with Gasteiger partial charge in [0.2, 0.25) is 21.8 Å². The van der Waals surface area contributed by atoms with Crippen LogP contribution in [0.1, 0.15) is 56.9 Å². The Bertz CT molecular complexity index is 1310. The molecule has 1 aromatic heterocycles. The van der Waals surface area contributed by atoms with Gasteiger partial charge in [-0.2, -0.15) is 4.31 Å². The second-order valence-corrected chi connectivity index (χ2v) is 13.1. The van der Waals surface area contributed by atoms with Crippen molar-refractivity contribution < 1.29 is 22.4 Å². The molecule has 2 saturated heterocycles. The van der Waals surface area contributed by atoms with Gasteiger partial charge in [0.05, 0.1) is 18.3 Å². The molecule has 9 nitrogen and oxygen atoms in total. The number of nitrogens with one attached hydrogen (secondary N) is 3. The number of benzene rings is 1. The fraction of sp³-hybridized carbons (Fsp3) is 0.630. The lowest BCUT2D eigenvalue weighted by molar-refractivity contribution is -0.139. The van der Waals surface area contributed by atoms with Crippen LogP contribution < -0.4 is 10.6 Å². The van der Waals surface area contributed by atoms with Crippen LogP contribution in [0.25, 0.3) is 10.9 Å². The van der Waals surface area contributed by atoms with Crippen LogP contribution in [0, 0.1) is 11.7 Å². The molecule has 3 heterocycles. The molecule has 1 saturated carbocycles. The van der Waals surface area contributed by atoms with E-state index < -0.39 is 22.1 Å². The van der Waals surface area contributed by atoms with E-state index in [1.807, 2.05) is 11.1 Å². The zero-order valence-corrected chi connectivity index (χ0v) is 23.1. The number of carbonyl (C=O) groups excluding carboxylic acids is 2. The van der Waals surface area contributed by atoms with E-state index >= 15 is 0 Å². The molecule has 1 aromatic carbocycles. The van der Waals surface area contributed by atoms with Gasteiger partial charge in [-0.25, -0.2) is 12.8 Å². The fourth-order valence-corrected chi connectivity index (χ4v) is 7.97. The fourth-order valence-electron chi connectivity index (χ4n) is 6.82. The summed E-state index contributed by atoms with van der Waals surface area (Å²) in [4.78, 5) is 32.1. The van der Waals surface area contributed by atoms with E-state index in [2.05, 4.69) is 15.6 Å². The highest BCUT2D eigenvalue weighted by molar-refractivity contribution is 7.88. The van der Waals surface area contributed by atoms with Gasteiger partial charge in [0.25, 0.3) is 0 Å². The summed E-state index contributed by atoms with van der Waals surface area (Å²) in [6.45, 7) is 2.44. The van der Waals surface area contributed by atoms with E-state index in [0.29, 0.717) is 18.5 Å². The number of aromatic nitrogens is 1. The number of nitrogens with zero attached hydrogens (tertiary/aromatic N) is 2. The first kappa shape index (κ1) is 27.1. The van der Waals surface area contributed by atoms with Crippen LogP contribution in [0.4, 0.5) is 4.39 Å². The van der Waals surface area contributed by atoms with Gasteiger partial charge in [-0.1, -0.05) is 19.3 Å². The van der Waals surface area contributed by atoms with Crippen molar-refractivity contribution in [3.05, 3.63) is 35.8 Å². The molecule has 3 aliphatic rings. The first-order chi connectivity index (χ1) is 18.1. The number of sulfonamides is 1. The number of rotatable bonds is 7. The molecule has 2 amide bonds. The molecule has 2 aliphatic heterocycles. The summed E-state index contributed by atoms with van der Waals surface area (Å²) in [5.74, 6) is -0.934. The zero-order valence-electron chi connectivity index (χ0n) is 22.2. The second-order valence-electron chi connectivity index (χ2n) is 11.1. The van der Waals surface area contributed by atoms with Crippen molar-refractivity contribution >= 4 is 32.7 Å². The molecule has 0 bridgehead atoms. The summed E-state index contributed by atoms with van der Waals surface area (Å²) < 4.78 is 41.0. The number of likely N-dealkylation sites (N-methyl/N-ethyl adjacent to an activating group) is 1. The van der Waals surface area contributed by atoms with E-state index in [0.717, 1.165) is 43.1 Å². The summed E-state index contributed by atoms with van der Waals surface area (Å²) in [5.41, 5.74) is 1.52. The van der Waals surface area contributed by atoms with Crippen molar-refractivity contribution in [2.24, 2.45) is 5.92 Å². The van der Waals surface area contributed by atoms with E-state index in [-0.39, 0.29) is 48.1 Å². The van der Waals surface area contributed by atoms with Gasteiger partial charge in [0, 0.05) is 42.1 Å². The van der Waals surface area contributed by atoms with Crippen LogP contribution in [0.2, 0.25) is 0 Å². The predicted molar refractivity (Wildman–Crippen MR) is 143 cm³/mol. The minimum absolute atomic E-state index is 0.0465. The molecular weight excluding hydrogens is 509 g/mol. The molecule has 0 spiro atoms. The lowest BCUT2D eigenvalue weighted by Crippen LogP contribution is -2.57. The smallest absolute Gasteiger partial charge is 0.245 e. The monoisotopic (exact) mass is 547 g/mol. The number of halogens is 1. The Morgan fingerprint density at radius 3 is 2.58 bits per heavy atom. The van der Waals surface area contributed by atoms with E-state index in [9.17, 15) is 22.4 Å². The molecule has 5 atom stereocenters. The standard InChI is InChI=1S/C27H38FN5O4S/c1-16(29-2)26(34)31-24(17-7-5-4-6-8-17)27(35)32-12-11-23-25(32)21(15-33(23)38(3,36)37)20-14-30-22-13-18(28)9-10-19(20)22/h9-10,13-14,16-17,21,23-25,29-30H,4-8,11-12,15H2,1-3H3,(H,31,34)/t16-,21-,23+,24-,25+/m0/s1. The Morgan fingerprint density at radius 2 is 1.89 bits per heavy atom. The van der Waals surface area contributed by atoms with Crippen molar-refractivity contribution in [1.82, 2.24) is 24.8 Å². The average molecular weight is 548 g/mol. The highest BCUT2D eigenvalue weighted by atomic mass is 32.2. The topological polar surface area (TPSA) is 115 Å². The molecule has 208 valence electrons. The number of hydrogen-bond donors (Lipinski definition) is 3. The Balaban J connectivity index is 1.51. The summed E-state index contributed by atoms with van der Waals surface area (Å²) in [6, 6.07) is 2.73. The maximum atomic E-state index is 14.3. The summed E-state index contributed by atoms with van der Waals surface area (Å²) >= 11 is 0. The van der Waals surface area contributed by atoms with Gasteiger partial charge >= 0.3 is 0 Å². The number of fused-ring (bicyclic) bond motifs is 2. The van der Waals surface area contributed by atoms with Crippen LogP contribution in [0.3, 0.4) is 0 Å². The number of amides is 2. The third-order valence-electron chi connectivity index (χ3n) is 8.87. The Morgan fingerprint density at radius 1 is 1.16 bits per heavy atom. The molecule has 3 fully saturated rings. The Kier molecular flexibility index (Phi) is 7.54. The SMILES string of the molecule is CN[C@@H](C)C(=O)N[C@H](C(=O)N1CC[C@@H]2[C@H]1[C@H](c1c[nH]c3cc(F)ccc13)CN2S(C)(=O)=O)C1CCCCC1. The lowest BCUT2D eigenvalue weighted by atomic mass is 9.82. The lowest BCUT2D eigenvalue weighted by Gasteiger charge is -2.36.